The highest BCUT2D eigenvalue weighted by Gasteiger charge is 2.25. The molecule has 0 saturated carbocycles. The summed E-state index contributed by atoms with van der Waals surface area (Å²) < 4.78 is 37.1. The standard InChI is InChI=1S/C11H15ClF3N3O/c1-2-6-18-10(19)9(12)8(7-17-18)16-5-3-4-11(13,14)15/h7,16H,2-6H2,1H3. The third-order valence-electron chi connectivity index (χ3n) is 2.37. The number of hydrogen-bond donors (Lipinski definition) is 1. The van der Waals surface area contributed by atoms with Crippen molar-refractivity contribution in [2.45, 2.75) is 38.9 Å². The number of rotatable bonds is 6. The van der Waals surface area contributed by atoms with Gasteiger partial charge in [0.05, 0.1) is 11.9 Å². The van der Waals surface area contributed by atoms with Crippen LogP contribution >= 0.6 is 11.6 Å². The second kappa shape index (κ2) is 6.79. The van der Waals surface area contributed by atoms with Gasteiger partial charge in [0.2, 0.25) is 0 Å². The molecule has 0 amide bonds. The predicted molar refractivity (Wildman–Crippen MR) is 67.6 cm³/mol. The first kappa shape index (κ1) is 15.8. The van der Waals surface area contributed by atoms with Crippen molar-refractivity contribution in [1.82, 2.24) is 9.78 Å². The Morgan fingerprint density at radius 3 is 2.74 bits per heavy atom. The maximum absolute atomic E-state index is 11.9. The average molecular weight is 298 g/mol. The molecule has 0 spiro atoms. The summed E-state index contributed by atoms with van der Waals surface area (Å²) in [5, 5.41) is 6.53. The van der Waals surface area contributed by atoms with Crippen molar-refractivity contribution in [3.8, 4) is 0 Å². The summed E-state index contributed by atoms with van der Waals surface area (Å²) in [5.41, 5.74) is -0.175. The maximum Gasteiger partial charge on any atom is 0.389 e. The SMILES string of the molecule is CCCn1ncc(NCCCC(F)(F)F)c(Cl)c1=O. The summed E-state index contributed by atoms with van der Waals surface area (Å²) in [6, 6.07) is 0. The quantitative estimate of drug-likeness (QED) is 0.821. The highest BCUT2D eigenvalue weighted by atomic mass is 35.5. The van der Waals surface area contributed by atoms with Crippen LogP contribution in [0.3, 0.4) is 0 Å². The molecule has 0 saturated heterocycles. The summed E-state index contributed by atoms with van der Waals surface area (Å²) in [6.45, 7) is 2.43. The molecular formula is C11H15ClF3N3O. The van der Waals surface area contributed by atoms with Gasteiger partial charge in [-0.2, -0.15) is 18.3 Å². The Hall–Kier alpha value is -1.24. The molecule has 1 aromatic rings. The van der Waals surface area contributed by atoms with Crippen molar-refractivity contribution in [2.75, 3.05) is 11.9 Å². The van der Waals surface area contributed by atoms with Crippen LogP contribution in [-0.2, 0) is 6.54 Å². The van der Waals surface area contributed by atoms with E-state index in [9.17, 15) is 18.0 Å². The van der Waals surface area contributed by atoms with E-state index in [1.807, 2.05) is 6.92 Å². The smallest absolute Gasteiger partial charge is 0.382 e. The third kappa shape index (κ3) is 5.10. The lowest BCUT2D eigenvalue weighted by atomic mass is 10.3. The van der Waals surface area contributed by atoms with Gasteiger partial charge in [0, 0.05) is 19.5 Å². The number of aryl methyl sites for hydroxylation is 1. The van der Waals surface area contributed by atoms with Gasteiger partial charge < -0.3 is 5.32 Å². The molecule has 1 aromatic heterocycles. The van der Waals surface area contributed by atoms with Crippen LogP contribution in [0.15, 0.2) is 11.0 Å². The van der Waals surface area contributed by atoms with E-state index in [1.165, 1.54) is 10.9 Å². The third-order valence-corrected chi connectivity index (χ3v) is 2.74. The van der Waals surface area contributed by atoms with Crippen molar-refractivity contribution in [3.05, 3.63) is 21.6 Å². The van der Waals surface area contributed by atoms with Crippen molar-refractivity contribution in [1.29, 1.82) is 0 Å². The zero-order chi connectivity index (χ0) is 14.5. The van der Waals surface area contributed by atoms with Crippen LogP contribution in [0.1, 0.15) is 26.2 Å². The van der Waals surface area contributed by atoms with E-state index in [0.29, 0.717) is 6.54 Å². The fourth-order valence-electron chi connectivity index (χ4n) is 1.47. The summed E-state index contributed by atoms with van der Waals surface area (Å²) in [5.74, 6) is 0. The van der Waals surface area contributed by atoms with Gasteiger partial charge in [-0.15, -0.1) is 0 Å². The Morgan fingerprint density at radius 2 is 2.16 bits per heavy atom. The van der Waals surface area contributed by atoms with Gasteiger partial charge in [-0.25, -0.2) is 4.68 Å². The molecule has 1 heterocycles. The summed E-state index contributed by atoms with van der Waals surface area (Å²) in [4.78, 5) is 11.7. The van der Waals surface area contributed by atoms with Gasteiger partial charge in [0.15, 0.2) is 0 Å². The van der Waals surface area contributed by atoms with Crippen LogP contribution in [-0.4, -0.2) is 22.5 Å². The molecular weight excluding hydrogens is 283 g/mol. The van der Waals surface area contributed by atoms with Crippen molar-refractivity contribution in [2.24, 2.45) is 0 Å². The summed E-state index contributed by atoms with van der Waals surface area (Å²) in [6.07, 6.45) is -3.04. The minimum absolute atomic E-state index is 0.0459. The summed E-state index contributed by atoms with van der Waals surface area (Å²) in [7, 11) is 0. The van der Waals surface area contributed by atoms with Gasteiger partial charge in [-0.1, -0.05) is 18.5 Å². The zero-order valence-electron chi connectivity index (χ0n) is 10.4. The number of aromatic nitrogens is 2. The Bertz CT molecular complexity index is 473. The fraction of sp³-hybridized carbons (Fsp3) is 0.636. The minimum atomic E-state index is -4.17. The molecule has 1 rings (SSSR count). The first-order valence-electron chi connectivity index (χ1n) is 5.91. The van der Waals surface area contributed by atoms with E-state index in [1.54, 1.807) is 0 Å². The topological polar surface area (TPSA) is 46.9 Å². The molecule has 108 valence electrons. The van der Waals surface area contributed by atoms with Crippen LogP contribution < -0.4 is 10.9 Å². The number of anilines is 1. The van der Waals surface area contributed by atoms with Gasteiger partial charge in [-0.3, -0.25) is 4.79 Å². The van der Waals surface area contributed by atoms with Crippen LogP contribution in [0.5, 0.6) is 0 Å². The lowest BCUT2D eigenvalue weighted by Crippen LogP contribution is -2.24. The number of hydrogen-bond acceptors (Lipinski definition) is 3. The molecule has 0 radical (unpaired) electrons. The second-order valence-electron chi connectivity index (χ2n) is 4.05. The van der Waals surface area contributed by atoms with Crippen LogP contribution in [0, 0.1) is 0 Å². The van der Waals surface area contributed by atoms with Gasteiger partial charge >= 0.3 is 6.18 Å². The first-order chi connectivity index (χ1) is 8.85. The Morgan fingerprint density at radius 1 is 1.47 bits per heavy atom. The highest BCUT2D eigenvalue weighted by molar-refractivity contribution is 6.32. The molecule has 0 atom stereocenters. The molecule has 0 aliphatic carbocycles. The molecule has 4 nitrogen and oxygen atoms in total. The van der Waals surface area contributed by atoms with Crippen LogP contribution in [0.25, 0.3) is 0 Å². The Labute approximate surface area is 113 Å². The van der Waals surface area contributed by atoms with Crippen LogP contribution in [0.2, 0.25) is 5.02 Å². The van der Waals surface area contributed by atoms with Gasteiger partial charge in [0.25, 0.3) is 5.56 Å². The molecule has 0 unspecified atom stereocenters. The number of alkyl halides is 3. The first-order valence-corrected chi connectivity index (χ1v) is 6.29. The monoisotopic (exact) mass is 297 g/mol. The normalized spacial score (nSPS) is 11.6. The molecule has 19 heavy (non-hydrogen) atoms. The lowest BCUT2D eigenvalue weighted by Gasteiger charge is -2.10. The van der Waals surface area contributed by atoms with Crippen molar-refractivity contribution in [3.63, 3.8) is 0 Å². The second-order valence-corrected chi connectivity index (χ2v) is 4.42. The van der Waals surface area contributed by atoms with Crippen molar-refractivity contribution >= 4 is 17.3 Å². The Kier molecular flexibility index (Phi) is 5.65. The van der Waals surface area contributed by atoms with Crippen LogP contribution in [0.4, 0.5) is 18.9 Å². The van der Waals surface area contributed by atoms with E-state index < -0.39 is 18.2 Å². The molecule has 0 bridgehead atoms. The number of nitrogens with one attached hydrogen (secondary N) is 1. The largest absolute Gasteiger partial charge is 0.389 e. The fourth-order valence-corrected chi connectivity index (χ4v) is 1.68. The average Bonchev–Trinajstić information content (AvgIpc) is 2.32. The molecule has 0 aromatic carbocycles. The van der Waals surface area contributed by atoms with E-state index in [2.05, 4.69) is 10.4 Å². The summed E-state index contributed by atoms with van der Waals surface area (Å²) >= 11 is 5.84. The predicted octanol–water partition coefficient (Wildman–Crippen LogP) is 3.06. The molecule has 0 aliphatic heterocycles. The van der Waals surface area contributed by atoms with Gasteiger partial charge in [-0.05, 0) is 12.8 Å². The lowest BCUT2D eigenvalue weighted by molar-refractivity contribution is -0.134. The van der Waals surface area contributed by atoms with Gasteiger partial charge in [0.1, 0.15) is 5.02 Å². The van der Waals surface area contributed by atoms with E-state index in [4.69, 9.17) is 11.6 Å². The van der Waals surface area contributed by atoms with E-state index in [0.717, 1.165) is 6.42 Å². The molecule has 8 heteroatoms. The van der Waals surface area contributed by atoms with E-state index in [-0.39, 0.29) is 23.7 Å². The molecule has 1 N–H and O–H groups in total. The number of halogens is 4. The minimum Gasteiger partial charge on any atom is -0.382 e. The maximum atomic E-state index is 11.9. The van der Waals surface area contributed by atoms with Crippen molar-refractivity contribution < 1.29 is 13.2 Å². The zero-order valence-corrected chi connectivity index (χ0v) is 11.2. The highest BCUT2D eigenvalue weighted by Crippen LogP contribution is 2.21. The molecule has 0 fully saturated rings. The Balaban J connectivity index is 2.60. The molecule has 0 aliphatic rings. The number of nitrogens with zero attached hydrogens (tertiary/aromatic N) is 2. The van der Waals surface area contributed by atoms with E-state index >= 15 is 0 Å².